The molecular weight excluding hydrogens is 310 g/mol. The first-order valence-electron chi connectivity index (χ1n) is 7.31. The van der Waals surface area contributed by atoms with Gasteiger partial charge >= 0.3 is 5.97 Å². The zero-order valence-corrected chi connectivity index (χ0v) is 13.2. The minimum absolute atomic E-state index is 0.0161. The van der Waals surface area contributed by atoms with Crippen molar-refractivity contribution in [2.24, 2.45) is 0 Å². The first kappa shape index (κ1) is 17.2. The highest BCUT2D eigenvalue weighted by molar-refractivity contribution is 5.89. The van der Waals surface area contributed by atoms with Gasteiger partial charge in [-0.25, -0.2) is 4.79 Å². The van der Waals surface area contributed by atoms with Gasteiger partial charge < -0.3 is 9.47 Å². The van der Waals surface area contributed by atoms with Crippen LogP contribution in [0.2, 0.25) is 0 Å². The molecule has 6 heteroatoms. The molecule has 0 saturated carbocycles. The molecule has 0 unspecified atom stereocenters. The molecule has 2 aromatic rings. The molecular formula is C18H17NO5. The lowest BCUT2D eigenvalue weighted by Crippen LogP contribution is -2.06. The van der Waals surface area contributed by atoms with E-state index in [0.29, 0.717) is 17.9 Å². The summed E-state index contributed by atoms with van der Waals surface area (Å²) < 4.78 is 10.7. The molecule has 24 heavy (non-hydrogen) atoms. The SMILES string of the molecule is CC(=CCOC(=O)c1ccccc1)COc1ccc([N+](=O)[O-])cc1. The van der Waals surface area contributed by atoms with Crippen LogP contribution in [0.1, 0.15) is 17.3 Å². The average Bonchev–Trinajstić information content (AvgIpc) is 2.61. The first-order valence-corrected chi connectivity index (χ1v) is 7.31. The lowest BCUT2D eigenvalue weighted by Gasteiger charge is -2.07. The Morgan fingerprint density at radius 3 is 2.42 bits per heavy atom. The van der Waals surface area contributed by atoms with Gasteiger partial charge in [-0.2, -0.15) is 0 Å². The number of nitro benzene ring substituents is 1. The lowest BCUT2D eigenvalue weighted by molar-refractivity contribution is -0.384. The number of benzene rings is 2. The number of nitrogens with zero attached hydrogens (tertiary/aromatic N) is 1. The Hall–Kier alpha value is -3.15. The third-order valence-electron chi connectivity index (χ3n) is 3.17. The van der Waals surface area contributed by atoms with Gasteiger partial charge in [0, 0.05) is 12.1 Å². The van der Waals surface area contributed by atoms with Crippen molar-refractivity contribution < 1.29 is 19.2 Å². The molecule has 124 valence electrons. The molecule has 0 aliphatic carbocycles. The monoisotopic (exact) mass is 327 g/mol. The number of hydrogen-bond acceptors (Lipinski definition) is 5. The van der Waals surface area contributed by atoms with Gasteiger partial charge in [-0.3, -0.25) is 10.1 Å². The first-order chi connectivity index (χ1) is 11.6. The van der Waals surface area contributed by atoms with Crippen LogP contribution in [0.3, 0.4) is 0 Å². The number of rotatable bonds is 7. The highest BCUT2D eigenvalue weighted by Crippen LogP contribution is 2.17. The van der Waals surface area contributed by atoms with Crippen LogP contribution in [0.25, 0.3) is 0 Å². The molecule has 0 spiro atoms. The highest BCUT2D eigenvalue weighted by atomic mass is 16.6. The third kappa shape index (κ3) is 5.24. The van der Waals surface area contributed by atoms with E-state index < -0.39 is 4.92 Å². The summed E-state index contributed by atoms with van der Waals surface area (Å²) >= 11 is 0. The fourth-order valence-electron chi connectivity index (χ4n) is 1.84. The largest absolute Gasteiger partial charge is 0.489 e. The fraction of sp³-hybridized carbons (Fsp3) is 0.167. The number of carbonyl (C=O) groups is 1. The summed E-state index contributed by atoms with van der Waals surface area (Å²) in [4.78, 5) is 21.9. The standard InChI is InChI=1S/C18H17NO5/c1-14(11-12-23-18(20)15-5-3-2-4-6-15)13-24-17-9-7-16(8-10-17)19(21)22/h2-11H,12-13H2,1H3. The van der Waals surface area contributed by atoms with Crippen LogP contribution >= 0.6 is 0 Å². The van der Waals surface area contributed by atoms with E-state index in [4.69, 9.17) is 9.47 Å². The molecule has 0 aromatic heterocycles. The molecule has 0 atom stereocenters. The summed E-state index contributed by atoms with van der Waals surface area (Å²) in [6, 6.07) is 14.6. The van der Waals surface area contributed by atoms with Gasteiger partial charge in [0.2, 0.25) is 0 Å². The van der Waals surface area contributed by atoms with Gasteiger partial charge in [-0.15, -0.1) is 0 Å². The summed E-state index contributed by atoms with van der Waals surface area (Å²) in [6.45, 7) is 2.31. The zero-order chi connectivity index (χ0) is 17.4. The fourth-order valence-corrected chi connectivity index (χ4v) is 1.84. The lowest BCUT2D eigenvalue weighted by atomic mass is 10.2. The summed E-state index contributed by atoms with van der Waals surface area (Å²) in [6.07, 6.45) is 1.76. The van der Waals surface area contributed by atoms with E-state index in [1.54, 1.807) is 42.5 Å². The molecule has 6 nitrogen and oxygen atoms in total. The van der Waals surface area contributed by atoms with Crippen molar-refractivity contribution in [3.63, 3.8) is 0 Å². The van der Waals surface area contributed by atoms with Crippen LogP contribution in [-0.4, -0.2) is 24.1 Å². The maximum Gasteiger partial charge on any atom is 0.338 e. The van der Waals surface area contributed by atoms with Crippen LogP contribution in [0, 0.1) is 10.1 Å². The minimum atomic E-state index is -0.462. The minimum Gasteiger partial charge on any atom is -0.489 e. The van der Waals surface area contributed by atoms with Crippen molar-refractivity contribution in [2.75, 3.05) is 13.2 Å². The second-order valence-electron chi connectivity index (χ2n) is 5.05. The van der Waals surface area contributed by atoms with Gasteiger partial charge in [0.1, 0.15) is 19.0 Å². The maximum absolute atomic E-state index is 11.8. The van der Waals surface area contributed by atoms with E-state index in [0.717, 1.165) is 5.57 Å². The molecule has 0 N–H and O–H groups in total. The van der Waals surface area contributed by atoms with Crippen molar-refractivity contribution in [2.45, 2.75) is 6.92 Å². The van der Waals surface area contributed by atoms with Crippen LogP contribution in [0.5, 0.6) is 5.75 Å². The number of nitro groups is 1. The number of hydrogen-bond donors (Lipinski definition) is 0. The zero-order valence-electron chi connectivity index (χ0n) is 13.2. The van der Waals surface area contributed by atoms with Gasteiger partial charge in [-0.05, 0) is 42.8 Å². The topological polar surface area (TPSA) is 78.7 Å². The number of ether oxygens (including phenoxy) is 2. The maximum atomic E-state index is 11.8. The average molecular weight is 327 g/mol. The molecule has 2 aromatic carbocycles. The quantitative estimate of drug-likeness (QED) is 0.335. The van der Waals surface area contributed by atoms with Crippen molar-refractivity contribution in [1.82, 2.24) is 0 Å². The number of carbonyl (C=O) groups excluding carboxylic acids is 1. The number of non-ortho nitro benzene ring substituents is 1. The van der Waals surface area contributed by atoms with Gasteiger partial charge in [0.05, 0.1) is 10.5 Å². The number of esters is 1. The predicted molar refractivity (Wildman–Crippen MR) is 89.1 cm³/mol. The predicted octanol–water partition coefficient (Wildman–Crippen LogP) is 3.78. The van der Waals surface area contributed by atoms with Crippen molar-refractivity contribution >= 4 is 11.7 Å². The van der Waals surface area contributed by atoms with E-state index in [9.17, 15) is 14.9 Å². The Kier molecular flexibility index (Phi) is 6.08. The molecule has 2 rings (SSSR count). The van der Waals surface area contributed by atoms with Gasteiger partial charge in [0.25, 0.3) is 5.69 Å². The summed E-state index contributed by atoms with van der Waals surface area (Å²) in [5.74, 6) is 0.158. The Balaban J connectivity index is 1.77. The molecule has 0 aliphatic rings. The normalized spacial score (nSPS) is 11.0. The Bertz CT molecular complexity index is 723. The molecule has 0 radical (unpaired) electrons. The Morgan fingerprint density at radius 2 is 1.79 bits per heavy atom. The second-order valence-corrected chi connectivity index (χ2v) is 5.05. The third-order valence-corrected chi connectivity index (χ3v) is 3.17. The van der Waals surface area contributed by atoms with Gasteiger partial charge in [-0.1, -0.05) is 18.2 Å². The summed E-state index contributed by atoms with van der Waals surface area (Å²) in [7, 11) is 0. The van der Waals surface area contributed by atoms with E-state index in [2.05, 4.69) is 0 Å². The van der Waals surface area contributed by atoms with Gasteiger partial charge in [0.15, 0.2) is 0 Å². The van der Waals surface area contributed by atoms with E-state index in [1.165, 1.54) is 12.1 Å². The van der Waals surface area contributed by atoms with Crippen LogP contribution in [0.15, 0.2) is 66.2 Å². The molecule has 0 heterocycles. The molecule has 0 saturated heterocycles. The smallest absolute Gasteiger partial charge is 0.338 e. The molecule has 0 bridgehead atoms. The molecule has 0 fully saturated rings. The van der Waals surface area contributed by atoms with Crippen molar-refractivity contribution in [1.29, 1.82) is 0 Å². The van der Waals surface area contributed by atoms with E-state index >= 15 is 0 Å². The van der Waals surface area contributed by atoms with Crippen LogP contribution in [-0.2, 0) is 4.74 Å². The summed E-state index contributed by atoms with van der Waals surface area (Å²) in [5, 5.41) is 10.6. The summed E-state index contributed by atoms with van der Waals surface area (Å²) in [5.41, 5.74) is 1.40. The Labute approximate surface area is 139 Å². The van der Waals surface area contributed by atoms with Crippen molar-refractivity contribution in [3.8, 4) is 5.75 Å². The Morgan fingerprint density at radius 1 is 1.12 bits per heavy atom. The van der Waals surface area contributed by atoms with E-state index in [1.807, 2.05) is 13.0 Å². The molecule has 0 amide bonds. The van der Waals surface area contributed by atoms with Crippen molar-refractivity contribution in [3.05, 3.63) is 81.9 Å². The van der Waals surface area contributed by atoms with Crippen LogP contribution < -0.4 is 4.74 Å². The highest BCUT2D eigenvalue weighted by Gasteiger charge is 2.05. The van der Waals surface area contributed by atoms with E-state index in [-0.39, 0.29) is 18.3 Å². The second kappa shape index (κ2) is 8.47. The van der Waals surface area contributed by atoms with Crippen LogP contribution in [0.4, 0.5) is 5.69 Å². The molecule has 0 aliphatic heterocycles.